The van der Waals surface area contributed by atoms with Gasteiger partial charge in [-0.3, -0.25) is 25.0 Å². The van der Waals surface area contributed by atoms with Gasteiger partial charge in [-0.25, -0.2) is 9.59 Å². The molecule has 2 atom stereocenters. The molecule has 242 valence electrons. The molecule has 5 amide bonds. The monoisotopic (exact) mass is 653 g/mol. The van der Waals surface area contributed by atoms with Crippen LogP contribution in [0.5, 0.6) is 0 Å². The minimum Gasteiger partial charge on any atom is -0.453 e. The summed E-state index contributed by atoms with van der Waals surface area (Å²) >= 11 is 6.24. The molecule has 1 fully saturated rings. The highest BCUT2D eigenvalue weighted by Crippen LogP contribution is 2.43. The number of nitrogens with one attached hydrogen (secondary N) is 4. The highest BCUT2D eigenvalue weighted by atomic mass is 35.5. The summed E-state index contributed by atoms with van der Waals surface area (Å²) in [7, 11) is 1.20. The largest absolute Gasteiger partial charge is 0.471 e. The van der Waals surface area contributed by atoms with Gasteiger partial charge in [0.1, 0.15) is 6.04 Å². The molecule has 12 nitrogen and oxygen atoms in total. The molecule has 0 bridgehead atoms. The lowest BCUT2D eigenvalue weighted by Crippen LogP contribution is -2.57. The van der Waals surface area contributed by atoms with Crippen molar-refractivity contribution in [2.75, 3.05) is 37.4 Å². The predicted molar refractivity (Wildman–Crippen MR) is 156 cm³/mol. The molecule has 2 aliphatic heterocycles. The first-order valence-corrected chi connectivity index (χ1v) is 14.4. The molecule has 1 saturated heterocycles. The van der Waals surface area contributed by atoms with Crippen molar-refractivity contribution in [3.63, 3.8) is 0 Å². The second-order valence-corrected chi connectivity index (χ2v) is 11.0. The van der Waals surface area contributed by atoms with Crippen molar-refractivity contribution in [1.82, 2.24) is 15.5 Å². The smallest absolute Gasteiger partial charge is 0.453 e. The molecular formula is C29H31ClF3N5O7. The first kappa shape index (κ1) is 33.4. The standard InChI is InChI=1S/C29H31ClF3N5O7/c1-44-26(42)35-19-9-6-17(7-10-19)23(39)36-22(5-2-3-13-34-25(41)29(31,32)33)24(40)38-14-4-12-28(16-38)20-15-18(30)8-11-21(20)37-27(43)45-28/h6-11,15,22H,2-5,12-14,16H2,1H3,(H,34,41)(H,35,42)(H,36,39)(H,37,43)/t22-,28-/m0/s1. The van der Waals surface area contributed by atoms with E-state index in [4.69, 9.17) is 16.3 Å². The molecule has 0 aliphatic carbocycles. The Balaban J connectivity index is 1.50. The third kappa shape index (κ3) is 8.35. The van der Waals surface area contributed by atoms with E-state index >= 15 is 0 Å². The first-order valence-electron chi connectivity index (χ1n) is 14.0. The van der Waals surface area contributed by atoms with Crippen LogP contribution in [0.3, 0.4) is 0 Å². The van der Waals surface area contributed by atoms with Crippen LogP contribution in [-0.2, 0) is 24.7 Å². The number of amides is 5. The van der Waals surface area contributed by atoms with Crippen LogP contribution in [0.1, 0.15) is 48.0 Å². The van der Waals surface area contributed by atoms with Crippen molar-refractivity contribution < 1.29 is 46.6 Å². The summed E-state index contributed by atoms with van der Waals surface area (Å²) in [6.07, 6.45) is -5.19. The van der Waals surface area contributed by atoms with Crippen molar-refractivity contribution in [2.24, 2.45) is 0 Å². The lowest BCUT2D eigenvalue weighted by atomic mass is 9.83. The molecule has 0 aromatic heterocycles. The summed E-state index contributed by atoms with van der Waals surface area (Å²) in [4.78, 5) is 63.6. The summed E-state index contributed by atoms with van der Waals surface area (Å²) in [6.45, 7) is -0.00690. The number of rotatable bonds is 9. The number of anilines is 2. The average Bonchev–Trinajstić information content (AvgIpc) is 3.00. The summed E-state index contributed by atoms with van der Waals surface area (Å²) in [5.74, 6) is -3.16. The van der Waals surface area contributed by atoms with Gasteiger partial charge in [-0.05, 0) is 74.6 Å². The fourth-order valence-electron chi connectivity index (χ4n) is 5.25. The van der Waals surface area contributed by atoms with E-state index in [1.165, 1.54) is 36.3 Å². The molecule has 2 aromatic carbocycles. The zero-order chi connectivity index (χ0) is 32.8. The molecule has 2 heterocycles. The van der Waals surface area contributed by atoms with E-state index in [1.54, 1.807) is 23.5 Å². The molecule has 16 heteroatoms. The number of likely N-dealkylation sites (tertiary alicyclic amines) is 1. The van der Waals surface area contributed by atoms with Crippen molar-refractivity contribution in [1.29, 1.82) is 0 Å². The van der Waals surface area contributed by atoms with Gasteiger partial charge >= 0.3 is 24.3 Å². The number of methoxy groups -OCH3 is 1. The van der Waals surface area contributed by atoms with Crippen molar-refractivity contribution >= 4 is 52.9 Å². The third-order valence-corrected chi connectivity index (χ3v) is 7.64. The molecule has 1 spiro atoms. The number of carbonyl (C=O) groups is 5. The Kier molecular flexibility index (Phi) is 10.4. The van der Waals surface area contributed by atoms with Crippen LogP contribution >= 0.6 is 11.6 Å². The van der Waals surface area contributed by atoms with E-state index in [0.717, 1.165) is 0 Å². The maximum Gasteiger partial charge on any atom is 0.471 e. The van der Waals surface area contributed by atoms with E-state index < -0.39 is 47.7 Å². The topological polar surface area (TPSA) is 155 Å². The SMILES string of the molecule is COC(=O)Nc1ccc(C(=O)N[C@@H](CCCCNC(=O)C(F)(F)F)C(=O)N2CCC[C@@]3(C2)OC(=O)Nc2ccc(Cl)cc23)cc1. The molecule has 0 radical (unpaired) electrons. The Morgan fingerprint density at radius 3 is 2.56 bits per heavy atom. The Morgan fingerprint density at radius 2 is 1.87 bits per heavy atom. The molecule has 0 saturated carbocycles. The molecule has 2 aromatic rings. The van der Waals surface area contributed by atoms with Crippen LogP contribution in [0.4, 0.5) is 34.1 Å². The highest BCUT2D eigenvalue weighted by molar-refractivity contribution is 6.30. The number of piperidine rings is 1. The van der Waals surface area contributed by atoms with Crippen LogP contribution in [-0.4, -0.2) is 73.8 Å². The summed E-state index contributed by atoms with van der Waals surface area (Å²) in [5.41, 5.74) is 0.457. The summed E-state index contributed by atoms with van der Waals surface area (Å²) < 4.78 is 47.9. The Bertz CT molecular complexity index is 1460. The van der Waals surface area contributed by atoms with E-state index in [2.05, 4.69) is 20.7 Å². The minimum absolute atomic E-state index is 0.0193. The predicted octanol–water partition coefficient (Wildman–Crippen LogP) is 4.55. The molecular weight excluding hydrogens is 623 g/mol. The van der Waals surface area contributed by atoms with Crippen molar-refractivity contribution in [3.05, 3.63) is 58.6 Å². The van der Waals surface area contributed by atoms with Gasteiger partial charge in [-0.2, -0.15) is 13.2 Å². The van der Waals surface area contributed by atoms with Gasteiger partial charge in [-0.1, -0.05) is 11.6 Å². The fourth-order valence-corrected chi connectivity index (χ4v) is 5.42. The fraction of sp³-hybridized carbons (Fsp3) is 0.414. The molecule has 4 rings (SSSR count). The van der Waals surface area contributed by atoms with E-state index in [-0.39, 0.29) is 37.9 Å². The zero-order valence-electron chi connectivity index (χ0n) is 24.1. The lowest BCUT2D eigenvalue weighted by molar-refractivity contribution is -0.173. The number of unbranched alkanes of at least 4 members (excludes halogenated alkanes) is 1. The maximum absolute atomic E-state index is 13.9. The number of alkyl halides is 3. The van der Waals surface area contributed by atoms with Gasteiger partial charge in [-0.15, -0.1) is 0 Å². The Labute approximate surface area is 260 Å². The van der Waals surface area contributed by atoms with Gasteiger partial charge < -0.3 is 25.0 Å². The molecule has 45 heavy (non-hydrogen) atoms. The van der Waals surface area contributed by atoms with E-state index in [0.29, 0.717) is 41.3 Å². The number of hydrogen-bond donors (Lipinski definition) is 4. The second-order valence-electron chi connectivity index (χ2n) is 10.5. The second kappa shape index (κ2) is 14.1. The lowest BCUT2D eigenvalue weighted by Gasteiger charge is -2.45. The van der Waals surface area contributed by atoms with Crippen LogP contribution in [0.2, 0.25) is 5.02 Å². The highest BCUT2D eigenvalue weighted by Gasteiger charge is 2.47. The normalized spacial score (nSPS) is 18.2. The van der Waals surface area contributed by atoms with Crippen LogP contribution in [0, 0.1) is 0 Å². The van der Waals surface area contributed by atoms with E-state index in [9.17, 15) is 37.1 Å². The van der Waals surface area contributed by atoms with Gasteiger partial charge in [0.2, 0.25) is 5.91 Å². The quantitative estimate of drug-likeness (QED) is 0.290. The van der Waals surface area contributed by atoms with Crippen molar-refractivity contribution in [3.8, 4) is 0 Å². The number of ether oxygens (including phenoxy) is 2. The van der Waals surface area contributed by atoms with Crippen LogP contribution < -0.4 is 21.3 Å². The number of nitrogens with zero attached hydrogens (tertiary/aromatic N) is 1. The minimum atomic E-state index is -5.01. The van der Waals surface area contributed by atoms with Gasteiger partial charge in [0.05, 0.1) is 19.3 Å². The Morgan fingerprint density at radius 1 is 1.13 bits per heavy atom. The Hall–Kier alpha value is -4.53. The van der Waals surface area contributed by atoms with Gasteiger partial charge in [0.25, 0.3) is 5.91 Å². The number of hydrogen-bond acceptors (Lipinski definition) is 7. The number of benzene rings is 2. The van der Waals surface area contributed by atoms with Crippen molar-refractivity contribution in [2.45, 2.75) is 49.9 Å². The third-order valence-electron chi connectivity index (χ3n) is 7.41. The molecule has 2 aliphatic rings. The average molecular weight is 654 g/mol. The zero-order valence-corrected chi connectivity index (χ0v) is 24.8. The van der Waals surface area contributed by atoms with Crippen LogP contribution in [0.25, 0.3) is 0 Å². The maximum atomic E-state index is 13.9. The molecule has 4 N–H and O–H groups in total. The number of fused-ring (bicyclic) bond motifs is 2. The van der Waals surface area contributed by atoms with Gasteiger partial charge in [0.15, 0.2) is 5.60 Å². The number of halogens is 4. The summed E-state index contributed by atoms with van der Waals surface area (Å²) in [6, 6.07) is 9.62. The number of carbonyl (C=O) groups excluding carboxylic acids is 5. The first-order chi connectivity index (χ1) is 21.3. The molecule has 0 unspecified atom stereocenters. The van der Waals surface area contributed by atoms with Gasteiger partial charge in [0, 0.05) is 34.9 Å². The summed E-state index contributed by atoms with van der Waals surface area (Å²) in [5, 5.41) is 9.99. The van der Waals surface area contributed by atoms with E-state index in [1.807, 2.05) is 0 Å². The van der Waals surface area contributed by atoms with Crippen LogP contribution in [0.15, 0.2) is 42.5 Å².